The first-order valence-corrected chi connectivity index (χ1v) is 21.1. The fraction of sp³-hybridized carbons (Fsp3) is 0.886. The maximum absolute atomic E-state index is 12.2. The van der Waals surface area contributed by atoms with Crippen molar-refractivity contribution < 1.29 is 4.79 Å². The van der Waals surface area contributed by atoms with Gasteiger partial charge < -0.3 is 0 Å². The number of carbonyl (C=O) groups excluding carboxylic acids is 1. The second kappa shape index (κ2) is 41.2. The van der Waals surface area contributed by atoms with Gasteiger partial charge in [-0.3, -0.25) is 4.79 Å². The summed E-state index contributed by atoms with van der Waals surface area (Å²) in [5.74, 6) is 0.522. The Bertz CT molecular complexity index is 602. The van der Waals surface area contributed by atoms with Crippen LogP contribution >= 0.6 is 0 Å². The Labute approximate surface area is 285 Å². The fourth-order valence-electron chi connectivity index (χ4n) is 6.50. The molecule has 0 spiro atoms. The predicted molar refractivity (Wildman–Crippen MR) is 205 cm³/mol. The molecule has 266 valence electrons. The molecule has 0 aliphatic heterocycles. The van der Waals surface area contributed by atoms with E-state index in [0.29, 0.717) is 5.78 Å². The molecule has 0 aromatic heterocycles. The Morgan fingerprint density at radius 1 is 0.289 bits per heavy atom. The van der Waals surface area contributed by atoms with E-state index in [1.165, 1.54) is 212 Å². The van der Waals surface area contributed by atoms with E-state index in [-0.39, 0.29) is 0 Å². The monoisotopic (exact) mass is 629 g/mol. The van der Waals surface area contributed by atoms with Crippen LogP contribution in [0.3, 0.4) is 0 Å². The summed E-state index contributed by atoms with van der Waals surface area (Å²) in [7, 11) is 0. The Morgan fingerprint density at radius 2 is 0.489 bits per heavy atom. The standard InChI is InChI=1S/C44H84O/c1-3-5-7-9-11-13-15-17-19-21-23-25-27-29-31-33-35-37-39-41-43-44(45)42-40-38-36-34-32-30-28-26-24-22-20-18-16-14-12-10-8-6-4-2/h17-20H,3-16,21-43H2,1-2H3/b19-17-,20-18?. The smallest absolute Gasteiger partial charge is 0.132 e. The first-order chi connectivity index (χ1) is 22.3. The predicted octanol–water partition coefficient (Wildman–Crippen LogP) is 16.1. The van der Waals surface area contributed by atoms with Crippen molar-refractivity contribution in [1.82, 2.24) is 0 Å². The molecule has 0 saturated carbocycles. The quantitative estimate of drug-likeness (QED) is 0.0489. The minimum Gasteiger partial charge on any atom is -0.300 e. The first-order valence-electron chi connectivity index (χ1n) is 21.1. The van der Waals surface area contributed by atoms with Crippen LogP contribution in [0.1, 0.15) is 251 Å². The second-order valence-corrected chi connectivity index (χ2v) is 14.4. The van der Waals surface area contributed by atoms with Crippen LogP contribution in [0.25, 0.3) is 0 Å². The van der Waals surface area contributed by atoms with E-state index in [4.69, 9.17) is 0 Å². The highest BCUT2D eigenvalue weighted by molar-refractivity contribution is 5.78. The van der Waals surface area contributed by atoms with E-state index in [0.717, 1.165) is 25.7 Å². The van der Waals surface area contributed by atoms with E-state index in [2.05, 4.69) is 38.2 Å². The van der Waals surface area contributed by atoms with E-state index in [9.17, 15) is 4.79 Å². The van der Waals surface area contributed by atoms with Gasteiger partial charge in [0.15, 0.2) is 0 Å². The number of hydrogen-bond donors (Lipinski definition) is 0. The SMILES string of the molecule is CCCCCCCCC=CCCCCCCCCCCCC(=O)CCCCCCCCCCCC/C=C\CCCCCCCC. The Balaban J connectivity index is 3.20. The fourth-order valence-corrected chi connectivity index (χ4v) is 6.50. The molecule has 0 heterocycles. The molecule has 0 fully saturated rings. The minimum absolute atomic E-state index is 0.522. The van der Waals surface area contributed by atoms with Crippen molar-refractivity contribution in [1.29, 1.82) is 0 Å². The third-order valence-corrected chi connectivity index (χ3v) is 9.68. The molecule has 1 nitrogen and oxygen atoms in total. The number of rotatable bonds is 39. The third kappa shape index (κ3) is 41.1. The van der Waals surface area contributed by atoms with Crippen LogP contribution in [-0.4, -0.2) is 5.78 Å². The summed E-state index contributed by atoms with van der Waals surface area (Å²) in [6.07, 6.45) is 58.9. The van der Waals surface area contributed by atoms with E-state index >= 15 is 0 Å². The van der Waals surface area contributed by atoms with Crippen LogP contribution in [0.5, 0.6) is 0 Å². The molecule has 45 heavy (non-hydrogen) atoms. The zero-order valence-electron chi connectivity index (χ0n) is 31.4. The summed E-state index contributed by atoms with van der Waals surface area (Å²) in [5.41, 5.74) is 0. The molecule has 0 N–H and O–H groups in total. The van der Waals surface area contributed by atoms with Crippen molar-refractivity contribution in [3.8, 4) is 0 Å². The molecule has 0 aliphatic rings. The van der Waals surface area contributed by atoms with Crippen molar-refractivity contribution in [2.75, 3.05) is 0 Å². The van der Waals surface area contributed by atoms with Gasteiger partial charge in [-0.05, 0) is 64.2 Å². The molecule has 0 saturated heterocycles. The summed E-state index contributed by atoms with van der Waals surface area (Å²) in [6.45, 7) is 4.58. The summed E-state index contributed by atoms with van der Waals surface area (Å²) in [5, 5.41) is 0. The van der Waals surface area contributed by atoms with Crippen LogP contribution in [0.2, 0.25) is 0 Å². The lowest BCUT2D eigenvalue weighted by molar-refractivity contribution is -0.119. The van der Waals surface area contributed by atoms with Crippen LogP contribution in [0.4, 0.5) is 0 Å². The summed E-state index contributed by atoms with van der Waals surface area (Å²) >= 11 is 0. The van der Waals surface area contributed by atoms with Crippen molar-refractivity contribution in [2.24, 2.45) is 0 Å². The highest BCUT2D eigenvalue weighted by Gasteiger charge is 2.02. The molecule has 0 unspecified atom stereocenters. The summed E-state index contributed by atoms with van der Waals surface area (Å²) in [6, 6.07) is 0. The number of ketones is 1. The van der Waals surface area contributed by atoms with Gasteiger partial charge in [0.25, 0.3) is 0 Å². The molecule has 0 rings (SSSR count). The van der Waals surface area contributed by atoms with Crippen LogP contribution in [0.15, 0.2) is 24.3 Å². The van der Waals surface area contributed by atoms with Crippen molar-refractivity contribution in [2.45, 2.75) is 251 Å². The molecule has 0 aliphatic carbocycles. The summed E-state index contributed by atoms with van der Waals surface area (Å²) < 4.78 is 0. The number of hydrogen-bond acceptors (Lipinski definition) is 1. The van der Waals surface area contributed by atoms with Gasteiger partial charge in [0.1, 0.15) is 5.78 Å². The maximum atomic E-state index is 12.2. The van der Waals surface area contributed by atoms with Crippen LogP contribution in [0, 0.1) is 0 Å². The van der Waals surface area contributed by atoms with Crippen molar-refractivity contribution in [3.63, 3.8) is 0 Å². The Kier molecular flexibility index (Phi) is 40.4. The Hall–Kier alpha value is -0.850. The van der Waals surface area contributed by atoms with E-state index < -0.39 is 0 Å². The molecule has 0 bridgehead atoms. The van der Waals surface area contributed by atoms with Gasteiger partial charge in [-0.2, -0.15) is 0 Å². The molecule has 0 radical (unpaired) electrons. The van der Waals surface area contributed by atoms with Crippen LogP contribution < -0.4 is 0 Å². The molecular weight excluding hydrogens is 544 g/mol. The Morgan fingerprint density at radius 3 is 0.733 bits per heavy atom. The van der Waals surface area contributed by atoms with Gasteiger partial charge in [0.05, 0.1) is 0 Å². The molecule has 0 aromatic carbocycles. The first kappa shape index (κ1) is 44.1. The number of allylic oxidation sites excluding steroid dienone is 4. The van der Waals surface area contributed by atoms with E-state index in [1.807, 2.05) is 0 Å². The van der Waals surface area contributed by atoms with Crippen LogP contribution in [-0.2, 0) is 4.79 Å². The zero-order valence-corrected chi connectivity index (χ0v) is 31.4. The normalized spacial score (nSPS) is 11.9. The van der Waals surface area contributed by atoms with Crippen molar-refractivity contribution >= 4 is 5.78 Å². The lowest BCUT2D eigenvalue weighted by Gasteiger charge is -2.04. The van der Waals surface area contributed by atoms with Crippen molar-refractivity contribution in [3.05, 3.63) is 24.3 Å². The second-order valence-electron chi connectivity index (χ2n) is 14.4. The zero-order chi connectivity index (χ0) is 32.6. The molecule has 0 aromatic rings. The third-order valence-electron chi connectivity index (χ3n) is 9.68. The number of Topliss-reactive ketones (excluding diaryl/α,β-unsaturated/α-hetero) is 1. The highest BCUT2D eigenvalue weighted by Crippen LogP contribution is 2.15. The van der Waals surface area contributed by atoms with E-state index in [1.54, 1.807) is 0 Å². The molecule has 0 atom stereocenters. The lowest BCUT2D eigenvalue weighted by atomic mass is 10.0. The largest absolute Gasteiger partial charge is 0.300 e. The number of carbonyl (C=O) groups is 1. The molecule has 1 heteroatoms. The highest BCUT2D eigenvalue weighted by atomic mass is 16.1. The maximum Gasteiger partial charge on any atom is 0.132 e. The molecular formula is C44H84O. The topological polar surface area (TPSA) is 17.1 Å². The number of unbranched alkanes of at least 4 members (excludes halogenated alkanes) is 31. The van der Waals surface area contributed by atoms with Gasteiger partial charge in [-0.1, -0.05) is 199 Å². The average Bonchev–Trinajstić information content (AvgIpc) is 3.05. The summed E-state index contributed by atoms with van der Waals surface area (Å²) in [4.78, 5) is 12.2. The lowest BCUT2D eigenvalue weighted by Crippen LogP contribution is -1.97. The minimum atomic E-state index is 0.522. The van der Waals surface area contributed by atoms with Gasteiger partial charge in [-0.15, -0.1) is 0 Å². The van der Waals surface area contributed by atoms with Gasteiger partial charge in [0, 0.05) is 12.8 Å². The van der Waals surface area contributed by atoms with Gasteiger partial charge in [-0.25, -0.2) is 0 Å². The molecule has 0 amide bonds. The van der Waals surface area contributed by atoms with Gasteiger partial charge >= 0.3 is 0 Å². The van der Waals surface area contributed by atoms with Gasteiger partial charge in [0.2, 0.25) is 0 Å². The average molecular weight is 629 g/mol.